The quantitative estimate of drug-likeness (QED) is 0.536. The van der Waals surface area contributed by atoms with Crippen LogP contribution in [0.5, 0.6) is 0 Å². The Balaban J connectivity index is 1.86. The van der Waals surface area contributed by atoms with E-state index in [0.717, 1.165) is 20.1 Å². The number of benzene rings is 2. The Morgan fingerprint density at radius 3 is 2.92 bits per heavy atom. The van der Waals surface area contributed by atoms with Gasteiger partial charge in [0.15, 0.2) is 0 Å². The first-order valence-electron chi connectivity index (χ1n) is 7.11. The highest BCUT2D eigenvalue weighted by Crippen LogP contribution is 2.24. The lowest BCUT2D eigenvalue weighted by Crippen LogP contribution is -2.17. The molecular formula is C17H10BrFN4O. The first-order chi connectivity index (χ1) is 11.6. The molecule has 0 saturated heterocycles. The van der Waals surface area contributed by atoms with Gasteiger partial charge in [0.2, 0.25) is 0 Å². The average Bonchev–Trinajstić information content (AvgIpc) is 2.94. The van der Waals surface area contributed by atoms with Gasteiger partial charge in [-0.15, -0.1) is 0 Å². The maximum absolute atomic E-state index is 13.6. The number of aromatic nitrogens is 3. The number of nitrogens with one attached hydrogen (secondary N) is 1. The SMILES string of the molecule is O=c1c2[nH]c3ccc(Br)cc3c2ncn1/N=C\c1ccccc1F. The minimum atomic E-state index is -0.404. The molecule has 1 N–H and O–H groups in total. The predicted molar refractivity (Wildman–Crippen MR) is 95.0 cm³/mol. The molecule has 0 radical (unpaired) electrons. The molecule has 5 nitrogen and oxygen atoms in total. The van der Waals surface area contributed by atoms with Gasteiger partial charge in [-0.3, -0.25) is 4.79 Å². The maximum atomic E-state index is 13.6. The molecule has 0 aliphatic carbocycles. The summed E-state index contributed by atoms with van der Waals surface area (Å²) >= 11 is 3.41. The fourth-order valence-electron chi connectivity index (χ4n) is 2.50. The van der Waals surface area contributed by atoms with Crippen molar-refractivity contribution >= 4 is 44.1 Å². The average molecular weight is 385 g/mol. The van der Waals surface area contributed by atoms with E-state index in [0.29, 0.717) is 16.6 Å². The zero-order valence-electron chi connectivity index (χ0n) is 12.2. The van der Waals surface area contributed by atoms with Crippen LogP contribution in [0.4, 0.5) is 4.39 Å². The molecule has 118 valence electrons. The Kier molecular flexibility index (Phi) is 3.50. The molecule has 0 amide bonds. The van der Waals surface area contributed by atoms with E-state index >= 15 is 0 Å². The highest BCUT2D eigenvalue weighted by atomic mass is 79.9. The summed E-state index contributed by atoms with van der Waals surface area (Å²) in [5, 5.41) is 4.87. The number of halogens is 2. The van der Waals surface area contributed by atoms with Crippen molar-refractivity contribution in [2.75, 3.05) is 0 Å². The number of nitrogens with zero attached hydrogens (tertiary/aromatic N) is 3. The lowest BCUT2D eigenvalue weighted by Gasteiger charge is -1.98. The van der Waals surface area contributed by atoms with Crippen molar-refractivity contribution in [3.63, 3.8) is 0 Å². The fourth-order valence-corrected chi connectivity index (χ4v) is 2.87. The van der Waals surface area contributed by atoms with Crippen molar-refractivity contribution in [1.29, 1.82) is 0 Å². The predicted octanol–water partition coefficient (Wildman–Crippen LogP) is 3.66. The van der Waals surface area contributed by atoms with Gasteiger partial charge in [0.1, 0.15) is 23.2 Å². The van der Waals surface area contributed by atoms with Gasteiger partial charge in [-0.2, -0.15) is 9.78 Å². The maximum Gasteiger partial charge on any atom is 0.298 e. The lowest BCUT2D eigenvalue weighted by atomic mass is 10.2. The fraction of sp³-hybridized carbons (Fsp3) is 0. The minimum Gasteiger partial charge on any atom is -0.349 e. The van der Waals surface area contributed by atoms with Crippen LogP contribution < -0.4 is 5.56 Å². The van der Waals surface area contributed by atoms with Gasteiger partial charge in [-0.1, -0.05) is 34.1 Å². The molecule has 2 heterocycles. The molecule has 2 aromatic carbocycles. The van der Waals surface area contributed by atoms with Gasteiger partial charge in [0.05, 0.1) is 6.21 Å². The van der Waals surface area contributed by atoms with Crippen LogP contribution in [0, 0.1) is 5.82 Å². The molecular weight excluding hydrogens is 375 g/mol. The van der Waals surface area contributed by atoms with Crippen LogP contribution in [0.3, 0.4) is 0 Å². The number of hydrogen-bond acceptors (Lipinski definition) is 3. The summed E-state index contributed by atoms with van der Waals surface area (Å²) < 4.78 is 15.6. The summed E-state index contributed by atoms with van der Waals surface area (Å²) in [6.45, 7) is 0. The zero-order valence-corrected chi connectivity index (χ0v) is 13.8. The van der Waals surface area contributed by atoms with Crippen molar-refractivity contribution in [3.05, 3.63) is 75.0 Å². The Bertz CT molecular complexity index is 1160. The second kappa shape index (κ2) is 5.68. The molecule has 7 heteroatoms. The smallest absolute Gasteiger partial charge is 0.298 e. The third-order valence-corrected chi connectivity index (χ3v) is 4.17. The van der Waals surface area contributed by atoms with Crippen molar-refractivity contribution in [2.24, 2.45) is 5.10 Å². The Labute approximate surface area is 143 Å². The molecule has 0 aliphatic rings. The van der Waals surface area contributed by atoms with Crippen LogP contribution in [0.25, 0.3) is 21.9 Å². The number of fused-ring (bicyclic) bond motifs is 3. The zero-order chi connectivity index (χ0) is 16.7. The first-order valence-corrected chi connectivity index (χ1v) is 7.90. The minimum absolute atomic E-state index is 0.296. The number of H-pyrrole nitrogens is 1. The lowest BCUT2D eigenvalue weighted by molar-refractivity contribution is 0.625. The Morgan fingerprint density at radius 1 is 1.25 bits per heavy atom. The summed E-state index contributed by atoms with van der Waals surface area (Å²) in [5.41, 5.74) is 1.70. The topological polar surface area (TPSA) is 63.0 Å². The summed E-state index contributed by atoms with van der Waals surface area (Å²) in [7, 11) is 0. The molecule has 24 heavy (non-hydrogen) atoms. The van der Waals surface area contributed by atoms with Crippen LogP contribution in [-0.4, -0.2) is 20.9 Å². The molecule has 0 aliphatic heterocycles. The van der Waals surface area contributed by atoms with Crippen molar-refractivity contribution in [2.45, 2.75) is 0 Å². The number of aromatic amines is 1. The Hall–Kier alpha value is -2.80. The largest absolute Gasteiger partial charge is 0.349 e. The number of hydrogen-bond donors (Lipinski definition) is 1. The molecule has 0 fully saturated rings. The third-order valence-electron chi connectivity index (χ3n) is 3.68. The summed E-state index contributed by atoms with van der Waals surface area (Å²) in [4.78, 5) is 19.9. The molecule has 0 unspecified atom stereocenters. The van der Waals surface area contributed by atoms with E-state index < -0.39 is 5.82 Å². The van der Waals surface area contributed by atoms with E-state index in [1.54, 1.807) is 18.2 Å². The van der Waals surface area contributed by atoms with Gasteiger partial charge in [0, 0.05) is 20.9 Å². The summed E-state index contributed by atoms with van der Waals surface area (Å²) in [6.07, 6.45) is 2.62. The second-order valence-electron chi connectivity index (χ2n) is 5.20. The molecule has 4 aromatic rings. The third kappa shape index (κ3) is 2.43. The molecule has 4 rings (SSSR count). The van der Waals surface area contributed by atoms with Gasteiger partial charge in [0.25, 0.3) is 5.56 Å². The van der Waals surface area contributed by atoms with Crippen LogP contribution in [0.15, 0.2) is 63.2 Å². The standard InChI is InChI=1S/C17H10BrFN4O/c18-11-5-6-14-12(7-11)15-16(22-14)17(24)23(9-20-15)21-8-10-3-1-2-4-13(10)19/h1-9,22H/b21-8-. The molecule has 0 atom stereocenters. The van der Waals surface area contributed by atoms with E-state index in [9.17, 15) is 9.18 Å². The van der Waals surface area contributed by atoms with Gasteiger partial charge in [-0.05, 0) is 24.3 Å². The van der Waals surface area contributed by atoms with Crippen LogP contribution >= 0.6 is 15.9 Å². The van der Waals surface area contributed by atoms with Crippen molar-refractivity contribution in [1.82, 2.24) is 14.6 Å². The van der Waals surface area contributed by atoms with Crippen LogP contribution in [0.1, 0.15) is 5.56 Å². The monoisotopic (exact) mass is 384 g/mol. The normalized spacial score (nSPS) is 11.8. The van der Waals surface area contributed by atoms with Crippen molar-refractivity contribution < 1.29 is 4.39 Å². The molecule has 0 bridgehead atoms. The van der Waals surface area contributed by atoms with Crippen LogP contribution in [-0.2, 0) is 0 Å². The van der Waals surface area contributed by atoms with Gasteiger partial charge in [-0.25, -0.2) is 9.37 Å². The Morgan fingerprint density at radius 2 is 2.08 bits per heavy atom. The molecule has 0 spiro atoms. The van der Waals surface area contributed by atoms with Crippen molar-refractivity contribution in [3.8, 4) is 0 Å². The first kappa shape index (κ1) is 14.8. The van der Waals surface area contributed by atoms with Gasteiger partial charge >= 0.3 is 0 Å². The highest BCUT2D eigenvalue weighted by Gasteiger charge is 2.10. The molecule has 0 saturated carbocycles. The van der Waals surface area contributed by atoms with E-state index in [4.69, 9.17) is 0 Å². The highest BCUT2D eigenvalue weighted by molar-refractivity contribution is 9.10. The van der Waals surface area contributed by atoms with Crippen LogP contribution in [0.2, 0.25) is 0 Å². The number of rotatable bonds is 2. The summed E-state index contributed by atoms with van der Waals surface area (Å²) in [5.74, 6) is -0.404. The van der Waals surface area contributed by atoms with E-state index in [-0.39, 0.29) is 5.56 Å². The van der Waals surface area contributed by atoms with E-state index in [2.05, 4.69) is 31.0 Å². The summed E-state index contributed by atoms with van der Waals surface area (Å²) in [6, 6.07) is 11.9. The second-order valence-corrected chi connectivity index (χ2v) is 6.11. The van der Waals surface area contributed by atoms with E-state index in [1.165, 1.54) is 18.6 Å². The van der Waals surface area contributed by atoms with Gasteiger partial charge < -0.3 is 4.98 Å². The van der Waals surface area contributed by atoms with E-state index in [1.807, 2.05) is 18.2 Å². The molecule has 2 aromatic heterocycles.